The van der Waals surface area contributed by atoms with Gasteiger partial charge in [-0.05, 0) is 42.8 Å². The maximum atomic E-state index is 13.3. The Hall–Kier alpha value is -3.19. The maximum Gasteiger partial charge on any atom is 0.267 e. The van der Waals surface area contributed by atoms with Gasteiger partial charge in [-0.2, -0.15) is 0 Å². The van der Waals surface area contributed by atoms with E-state index in [-0.39, 0.29) is 11.4 Å². The summed E-state index contributed by atoms with van der Waals surface area (Å²) in [6.45, 7) is 2.29. The van der Waals surface area contributed by atoms with Gasteiger partial charge in [-0.3, -0.25) is 4.79 Å². The third kappa shape index (κ3) is 4.30. The van der Waals surface area contributed by atoms with Gasteiger partial charge in [0.2, 0.25) is 0 Å². The molecule has 29 heavy (non-hydrogen) atoms. The minimum absolute atomic E-state index is 0.166. The predicted octanol–water partition coefficient (Wildman–Crippen LogP) is 4.40. The Morgan fingerprint density at radius 2 is 1.97 bits per heavy atom. The number of halogens is 1. The standard InChI is InChI=1S/C22H18FN3O2S/c1-15-9-10-20(24-14-15)26-21(27)18-7-2-3-8-19(18)25-22(26)29-12-11-28-17-6-4-5-16(23)13-17/h2-10,13-14H,11-12H2,1H3. The average Bonchev–Trinajstić information content (AvgIpc) is 2.72. The molecule has 4 aromatic rings. The predicted molar refractivity (Wildman–Crippen MR) is 112 cm³/mol. The number of hydrogen-bond acceptors (Lipinski definition) is 5. The van der Waals surface area contributed by atoms with E-state index in [0.717, 1.165) is 5.56 Å². The molecule has 0 unspecified atom stereocenters. The molecule has 0 aliphatic rings. The highest BCUT2D eigenvalue weighted by Crippen LogP contribution is 2.21. The summed E-state index contributed by atoms with van der Waals surface area (Å²) in [6, 6.07) is 17.0. The highest BCUT2D eigenvalue weighted by atomic mass is 32.2. The summed E-state index contributed by atoms with van der Waals surface area (Å²) in [5.74, 6) is 1.18. The number of aryl methyl sites for hydroxylation is 1. The molecule has 0 amide bonds. The van der Waals surface area contributed by atoms with Gasteiger partial charge in [-0.25, -0.2) is 18.9 Å². The Morgan fingerprint density at radius 1 is 1.10 bits per heavy atom. The maximum absolute atomic E-state index is 13.3. The Morgan fingerprint density at radius 3 is 2.76 bits per heavy atom. The van der Waals surface area contributed by atoms with Crippen molar-refractivity contribution in [3.63, 3.8) is 0 Å². The van der Waals surface area contributed by atoms with Gasteiger partial charge in [0.05, 0.1) is 17.5 Å². The first-order chi connectivity index (χ1) is 14.1. The van der Waals surface area contributed by atoms with Crippen LogP contribution in [0.1, 0.15) is 5.56 Å². The van der Waals surface area contributed by atoms with Gasteiger partial charge in [-0.15, -0.1) is 0 Å². The monoisotopic (exact) mass is 407 g/mol. The zero-order chi connectivity index (χ0) is 20.2. The number of para-hydroxylation sites is 1. The minimum atomic E-state index is -0.342. The van der Waals surface area contributed by atoms with Gasteiger partial charge >= 0.3 is 0 Å². The summed E-state index contributed by atoms with van der Waals surface area (Å²) >= 11 is 1.39. The van der Waals surface area contributed by atoms with Gasteiger partial charge in [0.25, 0.3) is 5.56 Å². The van der Waals surface area contributed by atoms with Crippen LogP contribution in [-0.4, -0.2) is 26.9 Å². The van der Waals surface area contributed by atoms with Crippen molar-refractivity contribution in [2.45, 2.75) is 12.1 Å². The van der Waals surface area contributed by atoms with Crippen molar-refractivity contribution in [2.24, 2.45) is 0 Å². The molecule has 0 radical (unpaired) electrons. The number of nitrogens with zero attached hydrogens (tertiary/aromatic N) is 3. The van der Waals surface area contributed by atoms with Crippen LogP contribution < -0.4 is 10.3 Å². The van der Waals surface area contributed by atoms with Crippen LogP contribution in [0.4, 0.5) is 4.39 Å². The van der Waals surface area contributed by atoms with Gasteiger partial charge in [0.1, 0.15) is 17.4 Å². The number of ether oxygens (including phenoxy) is 1. The number of hydrogen-bond donors (Lipinski definition) is 0. The highest BCUT2D eigenvalue weighted by Gasteiger charge is 2.14. The molecule has 0 fully saturated rings. The largest absolute Gasteiger partial charge is 0.493 e. The lowest BCUT2D eigenvalue weighted by atomic mass is 10.2. The van der Waals surface area contributed by atoms with Crippen LogP contribution in [0.15, 0.2) is 76.8 Å². The quantitative estimate of drug-likeness (QED) is 0.269. The number of rotatable bonds is 6. The molecule has 7 heteroatoms. The molecule has 0 atom stereocenters. The third-order valence-electron chi connectivity index (χ3n) is 4.25. The zero-order valence-corrected chi connectivity index (χ0v) is 16.5. The van der Waals surface area contributed by atoms with Crippen LogP contribution in [-0.2, 0) is 0 Å². The zero-order valence-electron chi connectivity index (χ0n) is 15.7. The Kier molecular flexibility index (Phi) is 5.57. The van der Waals surface area contributed by atoms with Crippen molar-refractivity contribution < 1.29 is 9.13 Å². The van der Waals surface area contributed by atoms with Crippen LogP contribution in [0.25, 0.3) is 16.7 Å². The third-order valence-corrected chi connectivity index (χ3v) is 5.15. The van der Waals surface area contributed by atoms with Crippen molar-refractivity contribution in [1.29, 1.82) is 0 Å². The van der Waals surface area contributed by atoms with Crippen molar-refractivity contribution >= 4 is 22.7 Å². The van der Waals surface area contributed by atoms with E-state index in [1.807, 2.05) is 31.2 Å². The summed E-state index contributed by atoms with van der Waals surface area (Å²) in [5.41, 5.74) is 1.48. The lowest BCUT2D eigenvalue weighted by Crippen LogP contribution is -2.23. The normalized spacial score (nSPS) is 11.0. The molecular formula is C22H18FN3O2S. The van der Waals surface area contributed by atoms with Crippen LogP contribution in [0.5, 0.6) is 5.75 Å². The molecule has 146 valence electrons. The van der Waals surface area contributed by atoms with Gasteiger partial charge < -0.3 is 4.74 Å². The van der Waals surface area contributed by atoms with Crippen LogP contribution >= 0.6 is 11.8 Å². The van der Waals surface area contributed by atoms with Crippen molar-refractivity contribution in [3.8, 4) is 11.6 Å². The van der Waals surface area contributed by atoms with Crippen molar-refractivity contribution in [2.75, 3.05) is 12.4 Å². The molecular weight excluding hydrogens is 389 g/mol. The van der Waals surface area contributed by atoms with E-state index in [9.17, 15) is 9.18 Å². The highest BCUT2D eigenvalue weighted by molar-refractivity contribution is 7.99. The number of fused-ring (bicyclic) bond motifs is 1. The number of benzene rings is 2. The lowest BCUT2D eigenvalue weighted by molar-refractivity contribution is 0.342. The van der Waals surface area contributed by atoms with E-state index in [0.29, 0.717) is 40.0 Å². The second-order valence-electron chi connectivity index (χ2n) is 6.40. The van der Waals surface area contributed by atoms with Gasteiger partial charge in [0.15, 0.2) is 5.16 Å². The Balaban J connectivity index is 1.62. The van der Waals surface area contributed by atoms with Crippen LogP contribution in [0.2, 0.25) is 0 Å². The average molecular weight is 407 g/mol. The molecule has 0 aliphatic carbocycles. The fraction of sp³-hybridized carbons (Fsp3) is 0.136. The molecule has 0 spiro atoms. The Labute approximate surface area is 171 Å². The molecule has 2 aromatic carbocycles. The van der Waals surface area contributed by atoms with Crippen molar-refractivity contribution in [1.82, 2.24) is 14.5 Å². The van der Waals surface area contributed by atoms with E-state index in [2.05, 4.69) is 9.97 Å². The van der Waals surface area contributed by atoms with E-state index in [4.69, 9.17) is 4.74 Å². The first kappa shape index (κ1) is 19.1. The summed E-state index contributed by atoms with van der Waals surface area (Å²) < 4.78 is 20.4. The summed E-state index contributed by atoms with van der Waals surface area (Å²) in [6.07, 6.45) is 1.72. The molecule has 4 rings (SSSR count). The van der Waals surface area contributed by atoms with Crippen molar-refractivity contribution in [3.05, 3.63) is 88.6 Å². The first-order valence-corrected chi connectivity index (χ1v) is 10.1. The summed E-state index contributed by atoms with van der Waals surface area (Å²) in [4.78, 5) is 22.2. The number of pyridine rings is 1. The van der Waals surface area contributed by atoms with E-state index in [1.54, 1.807) is 30.5 Å². The SMILES string of the molecule is Cc1ccc(-n2c(SCCOc3cccc(F)c3)nc3ccccc3c2=O)nc1. The minimum Gasteiger partial charge on any atom is -0.493 e. The summed E-state index contributed by atoms with van der Waals surface area (Å²) in [7, 11) is 0. The molecule has 0 aliphatic heterocycles. The number of aromatic nitrogens is 3. The molecule has 2 heterocycles. The van der Waals surface area contributed by atoms with E-state index in [1.165, 1.54) is 28.5 Å². The molecule has 0 N–H and O–H groups in total. The van der Waals surface area contributed by atoms with E-state index < -0.39 is 0 Å². The number of thioether (sulfide) groups is 1. The fourth-order valence-electron chi connectivity index (χ4n) is 2.85. The first-order valence-electron chi connectivity index (χ1n) is 9.08. The molecule has 2 aromatic heterocycles. The summed E-state index contributed by atoms with van der Waals surface area (Å²) in [5, 5.41) is 1.07. The molecule has 5 nitrogen and oxygen atoms in total. The second-order valence-corrected chi connectivity index (χ2v) is 7.46. The van der Waals surface area contributed by atoms with Crippen LogP contribution in [0.3, 0.4) is 0 Å². The second kappa shape index (κ2) is 8.45. The lowest BCUT2D eigenvalue weighted by Gasteiger charge is -2.13. The smallest absolute Gasteiger partial charge is 0.267 e. The van der Waals surface area contributed by atoms with Crippen LogP contribution in [0, 0.1) is 12.7 Å². The van der Waals surface area contributed by atoms with E-state index >= 15 is 0 Å². The molecule has 0 saturated carbocycles. The molecule has 0 bridgehead atoms. The topological polar surface area (TPSA) is 57.0 Å². The van der Waals surface area contributed by atoms with Gasteiger partial charge in [0, 0.05) is 18.0 Å². The van der Waals surface area contributed by atoms with Gasteiger partial charge in [-0.1, -0.05) is 36.0 Å². The molecule has 0 saturated heterocycles. The fourth-order valence-corrected chi connectivity index (χ4v) is 3.67. The Bertz CT molecular complexity index is 1210.